The van der Waals surface area contributed by atoms with E-state index in [0.29, 0.717) is 17.9 Å². The van der Waals surface area contributed by atoms with Gasteiger partial charge in [0.1, 0.15) is 0 Å². The maximum Gasteiger partial charge on any atom is 0.0827 e. The van der Waals surface area contributed by atoms with Crippen LogP contribution in [0.3, 0.4) is 0 Å². The van der Waals surface area contributed by atoms with Gasteiger partial charge in [-0.25, -0.2) is 0 Å². The Balaban J connectivity index is 2.09. The first kappa shape index (κ1) is 12.4. The van der Waals surface area contributed by atoms with Crippen LogP contribution in [0.2, 0.25) is 0 Å². The van der Waals surface area contributed by atoms with E-state index in [-0.39, 0.29) is 0 Å². The summed E-state index contributed by atoms with van der Waals surface area (Å²) in [5.41, 5.74) is -0.452. The van der Waals surface area contributed by atoms with Gasteiger partial charge in [0.05, 0.1) is 5.60 Å². The molecule has 0 spiro atoms. The molecule has 0 aromatic heterocycles. The predicted molar refractivity (Wildman–Crippen MR) is 67.3 cm³/mol. The van der Waals surface area contributed by atoms with Crippen molar-refractivity contribution in [3.63, 3.8) is 0 Å². The molecule has 2 fully saturated rings. The zero-order valence-corrected chi connectivity index (χ0v) is 11.0. The van der Waals surface area contributed by atoms with Crippen molar-refractivity contribution in [3.05, 3.63) is 0 Å². The molecule has 5 unspecified atom stereocenters. The molecule has 1 aliphatic carbocycles. The molecule has 94 valence electrons. The number of rotatable bonds is 1. The van der Waals surface area contributed by atoms with Crippen molar-refractivity contribution in [1.82, 2.24) is 5.32 Å². The van der Waals surface area contributed by atoms with E-state index in [0.717, 1.165) is 25.3 Å². The molecule has 0 aromatic carbocycles. The van der Waals surface area contributed by atoms with Crippen molar-refractivity contribution in [2.45, 2.75) is 64.5 Å². The highest BCUT2D eigenvalue weighted by molar-refractivity contribution is 5.01. The van der Waals surface area contributed by atoms with Gasteiger partial charge in [-0.05, 0) is 43.6 Å². The standard InChI is InChI=1S/C14H27NO/c1-10-6-8-15-13(9-10)14(16)7-4-5-11(2)12(14)3/h10-13,15-16H,4-9H2,1-3H3. The van der Waals surface area contributed by atoms with Crippen LogP contribution in [-0.2, 0) is 0 Å². The molecule has 2 aliphatic rings. The number of nitrogens with one attached hydrogen (secondary N) is 1. The minimum Gasteiger partial charge on any atom is -0.388 e. The van der Waals surface area contributed by atoms with Crippen LogP contribution in [-0.4, -0.2) is 23.3 Å². The fourth-order valence-electron chi connectivity index (χ4n) is 3.66. The lowest BCUT2D eigenvalue weighted by molar-refractivity contribution is -0.0985. The Morgan fingerprint density at radius 3 is 2.62 bits per heavy atom. The van der Waals surface area contributed by atoms with E-state index in [2.05, 4.69) is 26.1 Å². The molecule has 1 saturated carbocycles. The number of hydrogen-bond acceptors (Lipinski definition) is 2. The lowest BCUT2D eigenvalue weighted by Gasteiger charge is -2.49. The normalized spacial score (nSPS) is 50.2. The average molecular weight is 225 g/mol. The Labute approximate surface area is 99.8 Å². The molecule has 0 aromatic rings. The zero-order valence-electron chi connectivity index (χ0n) is 11.0. The van der Waals surface area contributed by atoms with Crippen LogP contribution in [0.25, 0.3) is 0 Å². The van der Waals surface area contributed by atoms with Crippen molar-refractivity contribution in [2.75, 3.05) is 6.54 Å². The summed E-state index contributed by atoms with van der Waals surface area (Å²) in [5.74, 6) is 1.86. The van der Waals surface area contributed by atoms with Crippen LogP contribution < -0.4 is 5.32 Å². The zero-order chi connectivity index (χ0) is 11.8. The number of aliphatic hydroxyl groups is 1. The fraction of sp³-hybridized carbons (Fsp3) is 1.00. The van der Waals surface area contributed by atoms with E-state index in [1.54, 1.807) is 0 Å². The Kier molecular flexibility index (Phi) is 3.60. The van der Waals surface area contributed by atoms with Gasteiger partial charge in [-0.2, -0.15) is 0 Å². The largest absolute Gasteiger partial charge is 0.388 e. The highest BCUT2D eigenvalue weighted by Gasteiger charge is 2.46. The summed E-state index contributed by atoms with van der Waals surface area (Å²) >= 11 is 0. The van der Waals surface area contributed by atoms with E-state index in [1.165, 1.54) is 19.3 Å². The maximum atomic E-state index is 11.0. The second-order valence-electron chi connectivity index (χ2n) is 6.29. The van der Waals surface area contributed by atoms with Crippen LogP contribution >= 0.6 is 0 Å². The Morgan fingerprint density at radius 1 is 1.19 bits per heavy atom. The van der Waals surface area contributed by atoms with Gasteiger partial charge >= 0.3 is 0 Å². The molecule has 2 heteroatoms. The highest BCUT2D eigenvalue weighted by atomic mass is 16.3. The van der Waals surface area contributed by atoms with Crippen LogP contribution in [0.5, 0.6) is 0 Å². The molecule has 1 aliphatic heterocycles. The third-order valence-corrected chi connectivity index (χ3v) is 5.15. The van der Waals surface area contributed by atoms with Crippen LogP contribution in [0.15, 0.2) is 0 Å². The number of piperidine rings is 1. The van der Waals surface area contributed by atoms with Gasteiger partial charge in [-0.15, -0.1) is 0 Å². The van der Waals surface area contributed by atoms with E-state index in [4.69, 9.17) is 0 Å². The summed E-state index contributed by atoms with van der Waals surface area (Å²) in [6.45, 7) is 7.93. The molecular weight excluding hydrogens is 198 g/mol. The summed E-state index contributed by atoms with van der Waals surface area (Å²) in [7, 11) is 0. The minimum atomic E-state index is -0.452. The third kappa shape index (κ3) is 2.14. The first-order valence-electron chi connectivity index (χ1n) is 7.00. The molecule has 5 atom stereocenters. The van der Waals surface area contributed by atoms with E-state index in [9.17, 15) is 5.11 Å². The maximum absolute atomic E-state index is 11.0. The average Bonchev–Trinajstić information content (AvgIpc) is 2.26. The van der Waals surface area contributed by atoms with Crippen molar-refractivity contribution < 1.29 is 5.11 Å². The summed E-state index contributed by atoms with van der Waals surface area (Å²) in [6, 6.07) is 0.328. The van der Waals surface area contributed by atoms with Crippen molar-refractivity contribution in [1.29, 1.82) is 0 Å². The molecule has 2 N–H and O–H groups in total. The molecule has 2 nitrogen and oxygen atoms in total. The Morgan fingerprint density at radius 2 is 1.94 bits per heavy atom. The molecule has 0 amide bonds. The van der Waals surface area contributed by atoms with Gasteiger partial charge in [-0.1, -0.05) is 33.6 Å². The van der Waals surface area contributed by atoms with Crippen LogP contribution in [0.1, 0.15) is 52.9 Å². The summed E-state index contributed by atoms with van der Waals surface area (Å²) in [6.07, 6.45) is 5.87. The smallest absolute Gasteiger partial charge is 0.0827 e. The highest BCUT2D eigenvalue weighted by Crippen LogP contribution is 2.42. The Hall–Kier alpha value is -0.0800. The van der Waals surface area contributed by atoms with Gasteiger partial charge < -0.3 is 10.4 Å². The van der Waals surface area contributed by atoms with Crippen LogP contribution in [0.4, 0.5) is 0 Å². The van der Waals surface area contributed by atoms with Gasteiger partial charge in [0.2, 0.25) is 0 Å². The Bertz CT molecular complexity index is 243. The van der Waals surface area contributed by atoms with E-state index >= 15 is 0 Å². The molecule has 1 heterocycles. The first-order chi connectivity index (χ1) is 7.54. The van der Waals surface area contributed by atoms with Gasteiger partial charge in [0.15, 0.2) is 0 Å². The van der Waals surface area contributed by atoms with Crippen molar-refractivity contribution in [3.8, 4) is 0 Å². The van der Waals surface area contributed by atoms with Crippen molar-refractivity contribution in [2.24, 2.45) is 17.8 Å². The first-order valence-corrected chi connectivity index (χ1v) is 7.00. The van der Waals surface area contributed by atoms with Gasteiger partial charge in [-0.3, -0.25) is 0 Å². The van der Waals surface area contributed by atoms with Crippen LogP contribution in [0, 0.1) is 17.8 Å². The molecule has 0 radical (unpaired) electrons. The monoisotopic (exact) mass is 225 g/mol. The van der Waals surface area contributed by atoms with Crippen molar-refractivity contribution >= 4 is 0 Å². The molecule has 0 bridgehead atoms. The molecular formula is C14H27NO. The SMILES string of the molecule is CC1CCNC(C2(O)CCCC(C)C2C)C1. The molecule has 16 heavy (non-hydrogen) atoms. The number of hydrogen-bond donors (Lipinski definition) is 2. The van der Waals surface area contributed by atoms with Gasteiger partial charge in [0.25, 0.3) is 0 Å². The quantitative estimate of drug-likeness (QED) is 0.719. The summed E-state index contributed by atoms with van der Waals surface area (Å²) in [4.78, 5) is 0. The van der Waals surface area contributed by atoms with E-state index < -0.39 is 5.60 Å². The van der Waals surface area contributed by atoms with E-state index in [1.807, 2.05) is 0 Å². The minimum absolute atomic E-state index is 0.328. The molecule has 2 rings (SSSR count). The lowest BCUT2D eigenvalue weighted by Crippen LogP contribution is -2.59. The summed E-state index contributed by atoms with van der Waals surface area (Å²) < 4.78 is 0. The topological polar surface area (TPSA) is 32.3 Å². The van der Waals surface area contributed by atoms with Gasteiger partial charge in [0, 0.05) is 6.04 Å². The second-order valence-corrected chi connectivity index (χ2v) is 6.29. The summed E-state index contributed by atoms with van der Waals surface area (Å²) in [5, 5.41) is 14.6. The fourth-order valence-corrected chi connectivity index (χ4v) is 3.66. The predicted octanol–water partition coefficient (Wildman–Crippen LogP) is 2.56. The second kappa shape index (κ2) is 4.66. The molecule has 1 saturated heterocycles. The lowest BCUT2D eigenvalue weighted by atomic mass is 9.65. The third-order valence-electron chi connectivity index (χ3n) is 5.15.